The number of alkyl carbamates (subject to hydrolysis) is 1. The Hall–Kier alpha value is -1.82. The van der Waals surface area contributed by atoms with Crippen molar-refractivity contribution in [3.05, 3.63) is 29.0 Å². The maximum atomic E-state index is 13.5. The Kier molecular flexibility index (Phi) is 5.96. The molecule has 0 aliphatic rings. The van der Waals surface area contributed by atoms with E-state index in [4.69, 9.17) is 16.3 Å². The van der Waals surface area contributed by atoms with Gasteiger partial charge in [0.25, 0.3) is 0 Å². The zero-order valence-electron chi connectivity index (χ0n) is 12.1. The summed E-state index contributed by atoms with van der Waals surface area (Å²) in [5, 5.41) is 4.91. The molecular weight excluding hydrogens is 299 g/mol. The van der Waals surface area contributed by atoms with E-state index < -0.39 is 23.4 Å². The second kappa shape index (κ2) is 7.26. The molecule has 0 bridgehead atoms. The van der Waals surface area contributed by atoms with E-state index in [2.05, 4.69) is 10.6 Å². The third-order valence-electron chi connectivity index (χ3n) is 2.25. The summed E-state index contributed by atoms with van der Waals surface area (Å²) in [4.78, 5) is 23.0. The molecule has 1 aromatic rings. The van der Waals surface area contributed by atoms with Crippen molar-refractivity contribution >= 4 is 29.3 Å². The molecule has 0 atom stereocenters. The lowest BCUT2D eigenvalue weighted by molar-refractivity contribution is -0.116. The maximum Gasteiger partial charge on any atom is 0.407 e. The third-order valence-corrected chi connectivity index (χ3v) is 2.56. The van der Waals surface area contributed by atoms with Gasteiger partial charge < -0.3 is 15.4 Å². The highest BCUT2D eigenvalue weighted by molar-refractivity contribution is 6.33. The van der Waals surface area contributed by atoms with Gasteiger partial charge in [-0.25, -0.2) is 9.18 Å². The molecule has 7 heteroatoms. The first-order valence-corrected chi connectivity index (χ1v) is 6.77. The molecule has 21 heavy (non-hydrogen) atoms. The van der Waals surface area contributed by atoms with Gasteiger partial charge >= 0.3 is 6.09 Å². The first kappa shape index (κ1) is 17.2. The van der Waals surface area contributed by atoms with Crippen LogP contribution >= 0.6 is 11.6 Å². The van der Waals surface area contributed by atoms with Gasteiger partial charge in [0.15, 0.2) is 0 Å². The Balaban J connectivity index is 2.40. The lowest BCUT2D eigenvalue weighted by atomic mass is 10.2. The van der Waals surface area contributed by atoms with Gasteiger partial charge in [0.2, 0.25) is 5.91 Å². The maximum absolute atomic E-state index is 13.5. The minimum atomic E-state index is -0.615. The van der Waals surface area contributed by atoms with Crippen LogP contribution in [0.5, 0.6) is 0 Å². The van der Waals surface area contributed by atoms with Crippen molar-refractivity contribution in [2.24, 2.45) is 0 Å². The van der Waals surface area contributed by atoms with Crippen molar-refractivity contribution in [1.29, 1.82) is 0 Å². The zero-order valence-corrected chi connectivity index (χ0v) is 12.9. The summed E-state index contributed by atoms with van der Waals surface area (Å²) in [6, 6.07) is 4.11. The predicted molar refractivity (Wildman–Crippen MR) is 78.9 cm³/mol. The van der Waals surface area contributed by atoms with Crippen molar-refractivity contribution in [3.63, 3.8) is 0 Å². The normalized spacial score (nSPS) is 10.9. The predicted octanol–water partition coefficient (Wildman–Crippen LogP) is 3.33. The monoisotopic (exact) mass is 316 g/mol. The zero-order chi connectivity index (χ0) is 16.0. The summed E-state index contributed by atoms with van der Waals surface area (Å²) in [5.41, 5.74) is -0.672. The molecule has 1 rings (SSSR count). The van der Waals surface area contributed by atoms with Crippen molar-refractivity contribution in [1.82, 2.24) is 5.32 Å². The Bertz CT molecular complexity index is 509. The molecular formula is C14H18ClFN2O3. The second-order valence-corrected chi connectivity index (χ2v) is 5.73. The average Bonchev–Trinajstić information content (AvgIpc) is 2.31. The van der Waals surface area contributed by atoms with E-state index in [1.54, 1.807) is 20.8 Å². The lowest BCUT2D eigenvalue weighted by Gasteiger charge is -2.19. The van der Waals surface area contributed by atoms with E-state index in [0.29, 0.717) is 0 Å². The fourth-order valence-electron chi connectivity index (χ4n) is 1.41. The Morgan fingerprint density at radius 3 is 2.57 bits per heavy atom. The first-order chi connectivity index (χ1) is 9.69. The van der Waals surface area contributed by atoms with Gasteiger partial charge in [-0.1, -0.05) is 17.7 Å². The van der Waals surface area contributed by atoms with Gasteiger partial charge in [-0.15, -0.1) is 0 Å². The van der Waals surface area contributed by atoms with Crippen LogP contribution in [0.2, 0.25) is 5.02 Å². The van der Waals surface area contributed by atoms with E-state index in [1.807, 2.05) is 0 Å². The van der Waals surface area contributed by atoms with Crippen LogP contribution in [0.1, 0.15) is 27.2 Å². The Morgan fingerprint density at radius 2 is 2.00 bits per heavy atom. The van der Waals surface area contributed by atoms with Gasteiger partial charge in [-0.3, -0.25) is 4.79 Å². The molecule has 0 radical (unpaired) electrons. The van der Waals surface area contributed by atoms with Crippen molar-refractivity contribution < 1.29 is 18.7 Å². The summed E-state index contributed by atoms with van der Waals surface area (Å²) < 4.78 is 18.5. The Labute approximate surface area is 127 Å². The van der Waals surface area contributed by atoms with Crippen LogP contribution in [-0.2, 0) is 9.53 Å². The van der Waals surface area contributed by atoms with Gasteiger partial charge in [0, 0.05) is 13.0 Å². The number of hydrogen-bond acceptors (Lipinski definition) is 3. The first-order valence-electron chi connectivity index (χ1n) is 6.40. The summed E-state index contributed by atoms with van der Waals surface area (Å²) in [6.07, 6.45) is -0.636. The molecule has 0 saturated carbocycles. The number of para-hydroxylation sites is 1. The van der Waals surface area contributed by atoms with Crippen LogP contribution in [0, 0.1) is 5.82 Å². The molecule has 0 heterocycles. The van der Waals surface area contributed by atoms with Gasteiger partial charge in [-0.2, -0.15) is 0 Å². The second-order valence-electron chi connectivity index (χ2n) is 5.32. The summed E-state index contributed by atoms with van der Waals surface area (Å²) in [7, 11) is 0. The number of hydrogen-bond donors (Lipinski definition) is 2. The molecule has 116 valence electrons. The van der Waals surface area contributed by atoms with E-state index in [0.717, 1.165) is 0 Å². The molecule has 0 aliphatic heterocycles. The molecule has 2 N–H and O–H groups in total. The van der Waals surface area contributed by atoms with Gasteiger partial charge in [0.05, 0.1) is 10.7 Å². The SMILES string of the molecule is CC(C)(C)OC(=O)NCCC(=O)Nc1c(F)cccc1Cl. The molecule has 0 aromatic heterocycles. The molecule has 0 spiro atoms. The van der Waals surface area contributed by atoms with Crippen LogP contribution in [-0.4, -0.2) is 24.1 Å². The number of ether oxygens (including phenoxy) is 1. The van der Waals surface area contributed by atoms with Crippen molar-refractivity contribution in [2.45, 2.75) is 32.8 Å². The molecule has 5 nitrogen and oxygen atoms in total. The highest BCUT2D eigenvalue weighted by Crippen LogP contribution is 2.24. The van der Waals surface area contributed by atoms with Gasteiger partial charge in [0.1, 0.15) is 11.4 Å². The molecule has 0 saturated heterocycles. The van der Waals surface area contributed by atoms with Crippen LogP contribution in [0.4, 0.5) is 14.9 Å². The molecule has 0 fully saturated rings. The van der Waals surface area contributed by atoms with E-state index >= 15 is 0 Å². The summed E-state index contributed by atoms with van der Waals surface area (Å²) >= 11 is 5.79. The number of carbonyl (C=O) groups is 2. The quantitative estimate of drug-likeness (QED) is 0.895. The molecule has 0 aliphatic carbocycles. The topological polar surface area (TPSA) is 67.4 Å². The van der Waals surface area contributed by atoms with Gasteiger partial charge in [-0.05, 0) is 32.9 Å². The fourth-order valence-corrected chi connectivity index (χ4v) is 1.62. The highest BCUT2D eigenvalue weighted by Gasteiger charge is 2.16. The van der Waals surface area contributed by atoms with Crippen LogP contribution in [0.15, 0.2) is 18.2 Å². The minimum absolute atomic E-state index is 0.0239. The number of benzene rings is 1. The molecule has 2 amide bonds. The average molecular weight is 317 g/mol. The van der Waals surface area contributed by atoms with E-state index in [1.165, 1.54) is 18.2 Å². The van der Waals surface area contributed by atoms with E-state index in [-0.39, 0.29) is 23.7 Å². The highest BCUT2D eigenvalue weighted by atomic mass is 35.5. The smallest absolute Gasteiger partial charge is 0.407 e. The molecule has 0 unspecified atom stereocenters. The summed E-state index contributed by atoms with van der Waals surface area (Å²) in [6.45, 7) is 5.28. The number of nitrogens with one attached hydrogen (secondary N) is 2. The fraction of sp³-hybridized carbons (Fsp3) is 0.429. The van der Waals surface area contributed by atoms with Crippen molar-refractivity contribution in [3.8, 4) is 0 Å². The van der Waals surface area contributed by atoms with Crippen LogP contribution in [0.25, 0.3) is 0 Å². The standard InChI is InChI=1S/C14H18ClFN2O3/c1-14(2,3)21-13(20)17-8-7-11(19)18-12-9(15)5-4-6-10(12)16/h4-6H,7-8H2,1-3H3,(H,17,20)(H,18,19). The van der Waals surface area contributed by atoms with E-state index in [9.17, 15) is 14.0 Å². The number of rotatable bonds is 4. The van der Waals surface area contributed by atoms with Crippen LogP contribution in [0.3, 0.4) is 0 Å². The third kappa shape index (κ3) is 6.44. The summed E-state index contributed by atoms with van der Waals surface area (Å²) in [5.74, 6) is -1.07. The minimum Gasteiger partial charge on any atom is -0.444 e. The van der Waals surface area contributed by atoms with Crippen LogP contribution < -0.4 is 10.6 Å². The number of halogens is 2. The number of carbonyl (C=O) groups excluding carboxylic acids is 2. The number of amides is 2. The lowest BCUT2D eigenvalue weighted by Crippen LogP contribution is -2.34. The Morgan fingerprint density at radius 1 is 1.33 bits per heavy atom. The van der Waals surface area contributed by atoms with Crippen molar-refractivity contribution in [2.75, 3.05) is 11.9 Å². The largest absolute Gasteiger partial charge is 0.444 e. The number of anilines is 1. The molecule has 1 aromatic carbocycles.